The molecule has 3 rings (SSSR count). The second-order valence-corrected chi connectivity index (χ2v) is 5.50. The number of benzene rings is 1. The van der Waals surface area contributed by atoms with E-state index in [4.69, 9.17) is 10.5 Å². The van der Waals surface area contributed by atoms with Crippen molar-refractivity contribution in [2.45, 2.75) is 0 Å². The van der Waals surface area contributed by atoms with E-state index in [0.717, 1.165) is 16.9 Å². The summed E-state index contributed by atoms with van der Waals surface area (Å²) in [6, 6.07) is 10.9. The van der Waals surface area contributed by atoms with Gasteiger partial charge in [-0.2, -0.15) is 5.10 Å². The molecule has 2 aromatic heterocycles. The van der Waals surface area contributed by atoms with Gasteiger partial charge in [0.2, 0.25) is 0 Å². The summed E-state index contributed by atoms with van der Waals surface area (Å²) >= 11 is 0. The van der Waals surface area contributed by atoms with E-state index in [2.05, 4.69) is 15.4 Å². The van der Waals surface area contributed by atoms with Crippen molar-refractivity contribution in [2.24, 2.45) is 7.05 Å². The Labute approximate surface area is 145 Å². The number of nitrogens with one attached hydrogen (secondary N) is 1. The molecule has 0 atom stereocenters. The Morgan fingerprint density at radius 1 is 1.28 bits per heavy atom. The molecule has 2 heterocycles. The van der Waals surface area contributed by atoms with Crippen LogP contribution in [0.2, 0.25) is 0 Å². The number of nitrogens with zero attached hydrogens (tertiary/aromatic N) is 3. The summed E-state index contributed by atoms with van der Waals surface area (Å²) < 4.78 is 7.46. The molecule has 1 aromatic carbocycles. The van der Waals surface area contributed by atoms with E-state index in [1.807, 2.05) is 37.5 Å². The number of hydrogen-bond acceptors (Lipinski definition) is 5. The quantitative estimate of drug-likeness (QED) is 0.670. The van der Waals surface area contributed by atoms with Crippen LogP contribution in [0.15, 0.2) is 55.0 Å². The third-order valence-electron chi connectivity index (χ3n) is 3.57. The van der Waals surface area contributed by atoms with E-state index in [0.29, 0.717) is 24.5 Å². The molecule has 0 spiro atoms. The van der Waals surface area contributed by atoms with Crippen molar-refractivity contribution in [1.29, 1.82) is 0 Å². The third-order valence-corrected chi connectivity index (χ3v) is 3.57. The fraction of sp³-hybridized carbons (Fsp3) is 0.167. The molecular formula is C18H19N5O2. The van der Waals surface area contributed by atoms with Crippen LogP contribution in [0.3, 0.4) is 0 Å². The van der Waals surface area contributed by atoms with Crippen molar-refractivity contribution in [2.75, 3.05) is 18.9 Å². The van der Waals surface area contributed by atoms with E-state index in [-0.39, 0.29) is 5.91 Å². The van der Waals surface area contributed by atoms with Gasteiger partial charge in [0.15, 0.2) is 0 Å². The minimum absolute atomic E-state index is 0.207. The molecule has 3 aromatic rings. The second kappa shape index (κ2) is 7.48. The van der Waals surface area contributed by atoms with Gasteiger partial charge in [-0.05, 0) is 29.8 Å². The Kier molecular flexibility index (Phi) is 4.94. The van der Waals surface area contributed by atoms with Gasteiger partial charge in [0.05, 0.1) is 12.7 Å². The van der Waals surface area contributed by atoms with Crippen LogP contribution in [-0.4, -0.2) is 33.8 Å². The zero-order valence-corrected chi connectivity index (χ0v) is 13.8. The molecule has 1 amide bonds. The molecular weight excluding hydrogens is 318 g/mol. The highest BCUT2D eigenvalue weighted by Gasteiger charge is 2.06. The van der Waals surface area contributed by atoms with Crippen LogP contribution in [-0.2, 0) is 7.05 Å². The number of aryl methyl sites for hydroxylation is 1. The molecule has 7 heteroatoms. The predicted octanol–water partition coefficient (Wildman–Crippen LogP) is 1.87. The predicted molar refractivity (Wildman–Crippen MR) is 95.1 cm³/mol. The van der Waals surface area contributed by atoms with E-state index in [1.54, 1.807) is 16.9 Å². The van der Waals surface area contributed by atoms with E-state index < -0.39 is 0 Å². The molecule has 128 valence electrons. The fourth-order valence-corrected chi connectivity index (χ4v) is 2.36. The lowest BCUT2D eigenvalue weighted by atomic mass is 10.1. The topological polar surface area (TPSA) is 95.1 Å². The molecule has 0 bridgehead atoms. The summed E-state index contributed by atoms with van der Waals surface area (Å²) in [6.45, 7) is 0.751. The molecule has 7 nitrogen and oxygen atoms in total. The maximum atomic E-state index is 12.0. The summed E-state index contributed by atoms with van der Waals surface area (Å²) in [5.41, 5.74) is 8.10. The lowest BCUT2D eigenvalue weighted by Crippen LogP contribution is -2.28. The molecule has 0 unspecified atom stereocenters. The lowest BCUT2D eigenvalue weighted by molar-refractivity contribution is 0.0947. The van der Waals surface area contributed by atoms with Crippen LogP contribution in [0.4, 0.5) is 5.82 Å². The van der Waals surface area contributed by atoms with Crippen molar-refractivity contribution in [3.05, 3.63) is 60.6 Å². The average molecular weight is 337 g/mol. The molecule has 0 saturated carbocycles. The SMILES string of the molecule is Cn1cc(-c2cccc(OCCNC(=O)c3ccnc(N)c3)c2)cn1. The Morgan fingerprint density at radius 3 is 2.92 bits per heavy atom. The van der Waals surface area contributed by atoms with Crippen LogP contribution in [0.5, 0.6) is 5.75 Å². The highest BCUT2D eigenvalue weighted by atomic mass is 16.5. The van der Waals surface area contributed by atoms with Crippen molar-refractivity contribution in [3.8, 4) is 16.9 Å². The van der Waals surface area contributed by atoms with E-state index in [1.165, 1.54) is 12.3 Å². The van der Waals surface area contributed by atoms with Crippen molar-refractivity contribution in [3.63, 3.8) is 0 Å². The fourth-order valence-electron chi connectivity index (χ4n) is 2.36. The molecule has 0 saturated heterocycles. The average Bonchev–Trinajstić information content (AvgIpc) is 3.05. The lowest BCUT2D eigenvalue weighted by Gasteiger charge is -2.09. The number of amides is 1. The minimum atomic E-state index is -0.207. The van der Waals surface area contributed by atoms with Gasteiger partial charge in [0.1, 0.15) is 18.2 Å². The number of aromatic nitrogens is 3. The molecule has 0 aliphatic rings. The van der Waals surface area contributed by atoms with Gasteiger partial charge in [0, 0.05) is 30.6 Å². The number of nitrogens with two attached hydrogens (primary N) is 1. The van der Waals surface area contributed by atoms with Gasteiger partial charge in [-0.3, -0.25) is 9.48 Å². The Bertz CT molecular complexity index is 875. The van der Waals surface area contributed by atoms with Crippen LogP contribution < -0.4 is 15.8 Å². The van der Waals surface area contributed by atoms with Crippen LogP contribution >= 0.6 is 0 Å². The Morgan fingerprint density at radius 2 is 2.16 bits per heavy atom. The van der Waals surface area contributed by atoms with Gasteiger partial charge >= 0.3 is 0 Å². The molecule has 0 aliphatic heterocycles. The highest BCUT2D eigenvalue weighted by molar-refractivity contribution is 5.94. The molecule has 3 N–H and O–H groups in total. The Hall–Kier alpha value is -3.35. The first kappa shape index (κ1) is 16.5. The summed E-state index contributed by atoms with van der Waals surface area (Å²) in [5.74, 6) is 0.849. The molecule has 25 heavy (non-hydrogen) atoms. The molecule has 0 fully saturated rings. The van der Waals surface area contributed by atoms with Gasteiger partial charge in [-0.15, -0.1) is 0 Å². The number of carbonyl (C=O) groups is 1. The second-order valence-electron chi connectivity index (χ2n) is 5.50. The minimum Gasteiger partial charge on any atom is -0.492 e. The van der Waals surface area contributed by atoms with E-state index >= 15 is 0 Å². The normalized spacial score (nSPS) is 10.4. The highest BCUT2D eigenvalue weighted by Crippen LogP contribution is 2.23. The summed E-state index contributed by atoms with van der Waals surface area (Å²) in [5, 5.41) is 6.95. The van der Waals surface area contributed by atoms with Gasteiger partial charge in [0.25, 0.3) is 5.91 Å². The summed E-state index contributed by atoms with van der Waals surface area (Å²) in [4.78, 5) is 15.9. The maximum absolute atomic E-state index is 12.0. The number of nitrogen functional groups attached to an aromatic ring is 1. The standard InChI is InChI=1S/C18H19N5O2/c1-23-12-15(11-22-23)13-3-2-4-16(9-13)25-8-7-21-18(24)14-5-6-20-17(19)10-14/h2-6,9-12H,7-8H2,1H3,(H2,19,20)(H,21,24). The first-order chi connectivity index (χ1) is 12.1. The first-order valence-electron chi connectivity index (χ1n) is 7.83. The van der Waals surface area contributed by atoms with Crippen LogP contribution in [0.1, 0.15) is 10.4 Å². The largest absolute Gasteiger partial charge is 0.492 e. The number of hydrogen-bond donors (Lipinski definition) is 2. The van der Waals surface area contributed by atoms with Crippen molar-refractivity contribution < 1.29 is 9.53 Å². The van der Waals surface area contributed by atoms with Gasteiger partial charge in [-0.25, -0.2) is 4.98 Å². The monoisotopic (exact) mass is 337 g/mol. The molecule has 0 aliphatic carbocycles. The van der Waals surface area contributed by atoms with Crippen molar-refractivity contribution >= 4 is 11.7 Å². The number of anilines is 1. The summed E-state index contributed by atoms with van der Waals surface area (Å²) in [7, 11) is 1.88. The molecule has 0 radical (unpaired) electrons. The zero-order valence-electron chi connectivity index (χ0n) is 13.8. The van der Waals surface area contributed by atoms with Crippen molar-refractivity contribution in [1.82, 2.24) is 20.1 Å². The van der Waals surface area contributed by atoms with Crippen LogP contribution in [0.25, 0.3) is 11.1 Å². The number of rotatable bonds is 6. The third kappa shape index (κ3) is 4.35. The number of pyridine rings is 1. The van der Waals surface area contributed by atoms with E-state index in [9.17, 15) is 4.79 Å². The van der Waals surface area contributed by atoms with Gasteiger partial charge < -0.3 is 15.8 Å². The first-order valence-corrected chi connectivity index (χ1v) is 7.83. The maximum Gasteiger partial charge on any atom is 0.251 e. The zero-order chi connectivity index (χ0) is 17.6. The number of ether oxygens (including phenoxy) is 1. The summed E-state index contributed by atoms with van der Waals surface area (Å²) in [6.07, 6.45) is 5.25. The number of carbonyl (C=O) groups excluding carboxylic acids is 1. The smallest absolute Gasteiger partial charge is 0.251 e. The van der Waals surface area contributed by atoms with Gasteiger partial charge in [-0.1, -0.05) is 12.1 Å². The Balaban J connectivity index is 1.51. The van der Waals surface area contributed by atoms with Crippen LogP contribution in [0, 0.1) is 0 Å².